The van der Waals surface area contributed by atoms with E-state index in [0.29, 0.717) is 12.1 Å². The monoisotopic (exact) mass is 268 g/mol. The number of hydrogen-bond donors (Lipinski definition) is 1. The first-order valence-electron chi connectivity index (χ1n) is 7.58. The van der Waals surface area contributed by atoms with Gasteiger partial charge >= 0.3 is 6.09 Å². The van der Waals surface area contributed by atoms with Gasteiger partial charge in [-0.2, -0.15) is 0 Å². The second kappa shape index (κ2) is 5.70. The molecule has 0 aromatic heterocycles. The number of nitrogens with one attached hydrogen (secondary N) is 1. The van der Waals surface area contributed by atoms with Crippen LogP contribution in [0.15, 0.2) is 0 Å². The predicted molar refractivity (Wildman–Crippen MR) is 76.2 cm³/mol. The van der Waals surface area contributed by atoms with Crippen LogP contribution < -0.4 is 5.32 Å². The molecule has 0 spiro atoms. The summed E-state index contributed by atoms with van der Waals surface area (Å²) in [5.41, 5.74) is -0.402. The molecule has 4 heteroatoms. The number of ether oxygens (including phenoxy) is 1. The Bertz CT molecular complexity index is 315. The molecule has 2 saturated carbocycles. The SMILES string of the molecule is CC1CC(NCCN(C(=O)OC(C)(C)C)C2CC2)C1. The first kappa shape index (κ1) is 14.6. The Morgan fingerprint density at radius 1 is 1.32 bits per heavy atom. The molecule has 0 saturated heterocycles. The largest absolute Gasteiger partial charge is 0.444 e. The molecule has 110 valence electrons. The lowest BCUT2D eigenvalue weighted by Gasteiger charge is -2.34. The van der Waals surface area contributed by atoms with Crippen LogP contribution in [0, 0.1) is 5.92 Å². The Kier molecular flexibility index (Phi) is 4.39. The number of rotatable bonds is 5. The number of hydrogen-bond acceptors (Lipinski definition) is 3. The van der Waals surface area contributed by atoms with Crippen molar-refractivity contribution in [3.05, 3.63) is 0 Å². The highest BCUT2D eigenvalue weighted by Gasteiger charge is 2.35. The van der Waals surface area contributed by atoms with Crippen LogP contribution >= 0.6 is 0 Å². The molecule has 0 aromatic carbocycles. The van der Waals surface area contributed by atoms with Crippen molar-refractivity contribution in [1.29, 1.82) is 0 Å². The van der Waals surface area contributed by atoms with E-state index in [1.54, 1.807) is 0 Å². The second-order valence-corrected chi connectivity index (χ2v) is 7.13. The van der Waals surface area contributed by atoms with Gasteiger partial charge in [-0.1, -0.05) is 6.92 Å². The fourth-order valence-corrected chi connectivity index (χ4v) is 2.59. The smallest absolute Gasteiger partial charge is 0.410 e. The quantitative estimate of drug-likeness (QED) is 0.833. The summed E-state index contributed by atoms with van der Waals surface area (Å²) in [6, 6.07) is 1.08. The number of carbonyl (C=O) groups excluding carboxylic acids is 1. The summed E-state index contributed by atoms with van der Waals surface area (Å²) < 4.78 is 5.48. The molecule has 2 rings (SSSR count). The third-order valence-electron chi connectivity index (χ3n) is 3.78. The van der Waals surface area contributed by atoms with Gasteiger partial charge in [0.2, 0.25) is 0 Å². The molecule has 1 amide bonds. The van der Waals surface area contributed by atoms with Gasteiger partial charge in [0.05, 0.1) is 0 Å². The zero-order valence-corrected chi connectivity index (χ0v) is 12.7. The minimum Gasteiger partial charge on any atom is -0.444 e. The Morgan fingerprint density at radius 3 is 2.42 bits per heavy atom. The van der Waals surface area contributed by atoms with Crippen LogP contribution in [0.5, 0.6) is 0 Å². The van der Waals surface area contributed by atoms with Crippen molar-refractivity contribution in [3.63, 3.8) is 0 Å². The number of amides is 1. The maximum atomic E-state index is 12.1. The lowest BCUT2D eigenvalue weighted by molar-refractivity contribution is 0.0232. The van der Waals surface area contributed by atoms with E-state index in [0.717, 1.165) is 31.8 Å². The first-order valence-corrected chi connectivity index (χ1v) is 7.58. The molecule has 0 aromatic rings. The highest BCUT2D eigenvalue weighted by Crippen LogP contribution is 2.29. The highest BCUT2D eigenvalue weighted by atomic mass is 16.6. The maximum Gasteiger partial charge on any atom is 0.410 e. The van der Waals surface area contributed by atoms with E-state index in [1.807, 2.05) is 25.7 Å². The van der Waals surface area contributed by atoms with Gasteiger partial charge < -0.3 is 15.0 Å². The van der Waals surface area contributed by atoms with Crippen LogP contribution in [-0.4, -0.2) is 41.8 Å². The second-order valence-electron chi connectivity index (χ2n) is 7.13. The van der Waals surface area contributed by atoms with E-state index in [4.69, 9.17) is 4.74 Å². The van der Waals surface area contributed by atoms with Gasteiger partial charge in [0.15, 0.2) is 0 Å². The van der Waals surface area contributed by atoms with E-state index in [9.17, 15) is 4.79 Å². The van der Waals surface area contributed by atoms with E-state index in [2.05, 4.69) is 12.2 Å². The molecule has 0 unspecified atom stereocenters. The minimum absolute atomic E-state index is 0.154. The number of carbonyl (C=O) groups is 1. The Labute approximate surface area is 116 Å². The molecule has 19 heavy (non-hydrogen) atoms. The Morgan fingerprint density at radius 2 is 1.95 bits per heavy atom. The summed E-state index contributed by atoms with van der Waals surface area (Å²) >= 11 is 0. The fourth-order valence-electron chi connectivity index (χ4n) is 2.59. The van der Waals surface area contributed by atoms with Crippen molar-refractivity contribution < 1.29 is 9.53 Å². The molecule has 2 aliphatic rings. The van der Waals surface area contributed by atoms with E-state index in [-0.39, 0.29) is 6.09 Å². The molecule has 0 bridgehead atoms. The minimum atomic E-state index is -0.402. The predicted octanol–water partition coefficient (Wildman–Crippen LogP) is 2.77. The lowest BCUT2D eigenvalue weighted by atomic mass is 9.82. The van der Waals surface area contributed by atoms with Crippen LogP contribution in [0.3, 0.4) is 0 Å². The first-order chi connectivity index (χ1) is 8.85. The molecule has 0 radical (unpaired) electrons. The standard InChI is InChI=1S/C15H28N2O2/c1-11-9-12(10-11)16-7-8-17(13-5-6-13)14(18)19-15(2,3)4/h11-13,16H,5-10H2,1-4H3. The third-order valence-corrected chi connectivity index (χ3v) is 3.78. The van der Waals surface area contributed by atoms with Crippen molar-refractivity contribution >= 4 is 6.09 Å². The van der Waals surface area contributed by atoms with Gasteiger partial charge in [0.1, 0.15) is 5.60 Å². The van der Waals surface area contributed by atoms with Crippen molar-refractivity contribution in [2.24, 2.45) is 5.92 Å². The van der Waals surface area contributed by atoms with E-state index >= 15 is 0 Å². The summed E-state index contributed by atoms with van der Waals surface area (Å²) in [7, 11) is 0. The summed E-state index contributed by atoms with van der Waals surface area (Å²) in [5, 5.41) is 3.53. The van der Waals surface area contributed by atoms with Crippen molar-refractivity contribution in [1.82, 2.24) is 10.2 Å². The van der Waals surface area contributed by atoms with Crippen LogP contribution in [0.4, 0.5) is 4.79 Å². The zero-order chi connectivity index (χ0) is 14.0. The third kappa shape index (κ3) is 4.68. The summed E-state index contributed by atoms with van der Waals surface area (Å²) in [5.74, 6) is 0.864. The van der Waals surface area contributed by atoms with Crippen LogP contribution in [0.25, 0.3) is 0 Å². The molecule has 0 aliphatic heterocycles. The Balaban J connectivity index is 1.72. The maximum absolute atomic E-state index is 12.1. The van der Waals surface area contributed by atoms with Crippen molar-refractivity contribution in [3.8, 4) is 0 Å². The molecular weight excluding hydrogens is 240 g/mol. The van der Waals surface area contributed by atoms with Crippen molar-refractivity contribution in [2.45, 2.75) is 71.1 Å². The van der Waals surface area contributed by atoms with Gasteiger partial charge in [-0.25, -0.2) is 4.79 Å². The van der Waals surface area contributed by atoms with Gasteiger partial charge in [0.25, 0.3) is 0 Å². The summed E-state index contributed by atoms with van der Waals surface area (Å²) in [6.07, 6.45) is 4.64. The average molecular weight is 268 g/mol. The fraction of sp³-hybridized carbons (Fsp3) is 0.933. The molecule has 0 heterocycles. The normalized spacial score (nSPS) is 26.7. The molecule has 2 aliphatic carbocycles. The van der Waals surface area contributed by atoms with Crippen LogP contribution in [0.2, 0.25) is 0 Å². The molecule has 0 atom stereocenters. The topological polar surface area (TPSA) is 41.6 Å². The van der Waals surface area contributed by atoms with E-state index in [1.165, 1.54) is 12.8 Å². The van der Waals surface area contributed by atoms with E-state index < -0.39 is 5.60 Å². The van der Waals surface area contributed by atoms with Gasteiger partial charge in [0, 0.05) is 25.2 Å². The zero-order valence-electron chi connectivity index (χ0n) is 12.7. The summed E-state index contributed by atoms with van der Waals surface area (Å²) in [4.78, 5) is 14.0. The van der Waals surface area contributed by atoms with Gasteiger partial charge in [-0.05, 0) is 52.4 Å². The Hall–Kier alpha value is -0.770. The lowest BCUT2D eigenvalue weighted by Crippen LogP contribution is -2.46. The number of nitrogens with zero attached hydrogens (tertiary/aromatic N) is 1. The van der Waals surface area contributed by atoms with Gasteiger partial charge in [-0.3, -0.25) is 0 Å². The highest BCUT2D eigenvalue weighted by molar-refractivity contribution is 5.69. The van der Waals surface area contributed by atoms with Crippen LogP contribution in [0.1, 0.15) is 53.4 Å². The molecule has 1 N–H and O–H groups in total. The van der Waals surface area contributed by atoms with Crippen LogP contribution in [-0.2, 0) is 4.74 Å². The van der Waals surface area contributed by atoms with Gasteiger partial charge in [-0.15, -0.1) is 0 Å². The average Bonchev–Trinajstić information content (AvgIpc) is 3.02. The molecular formula is C15H28N2O2. The summed E-state index contributed by atoms with van der Waals surface area (Å²) in [6.45, 7) is 9.70. The molecule has 4 nitrogen and oxygen atoms in total. The molecule has 2 fully saturated rings. The van der Waals surface area contributed by atoms with Crippen molar-refractivity contribution in [2.75, 3.05) is 13.1 Å².